The predicted molar refractivity (Wildman–Crippen MR) is 30.9 cm³/mol. The van der Waals surface area contributed by atoms with E-state index in [1.807, 2.05) is 0 Å². The van der Waals surface area contributed by atoms with Gasteiger partial charge in [-0.3, -0.25) is 0 Å². The molecule has 2 rings (SSSR count). The van der Waals surface area contributed by atoms with Crippen LogP contribution in [0.25, 0.3) is 9.66 Å². The Morgan fingerprint density at radius 1 is 1.00 bits per heavy atom. The molecule has 0 aliphatic rings. The maximum absolute atomic E-state index is 3.68. The molecule has 8 heavy (non-hydrogen) atoms. The Morgan fingerprint density at radius 3 is 2.12 bits per heavy atom. The van der Waals surface area contributed by atoms with Gasteiger partial charge < -0.3 is 0 Å². The molecule has 0 saturated carbocycles. The van der Waals surface area contributed by atoms with Gasteiger partial charge in [-0.2, -0.15) is 0 Å². The van der Waals surface area contributed by atoms with Crippen molar-refractivity contribution in [2.45, 2.75) is 0 Å². The highest BCUT2D eigenvalue weighted by Crippen LogP contribution is 2.14. The van der Waals surface area contributed by atoms with Gasteiger partial charge in [0.25, 0.3) is 0 Å². The first kappa shape index (κ1) is 4.28. The zero-order valence-corrected chi connectivity index (χ0v) is 5.24. The van der Waals surface area contributed by atoms with Crippen LogP contribution in [0.15, 0.2) is 0 Å². The van der Waals surface area contributed by atoms with E-state index in [1.165, 1.54) is 23.1 Å². The smallest absolute Gasteiger partial charge is 0.114 e. The van der Waals surface area contributed by atoms with E-state index in [4.69, 9.17) is 0 Å². The third-order valence-electron chi connectivity index (χ3n) is 0.701. The minimum atomic E-state index is 0.667. The van der Waals surface area contributed by atoms with Gasteiger partial charge in [0.05, 0.1) is 0 Å². The van der Waals surface area contributed by atoms with Crippen molar-refractivity contribution in [3.05, 3.63) is 0 Å². The predicted octanol–water partition coefficient (Wildman–Crippen LogP) is 0.543. The summed E-state index contributed by atoms with van der Waals surface area (Å²) in [6.45, 7) is 0. The molecule has 0 radical (unpaired) electrons. The molecule has 0 saturated heterocycles. The van der Waals surface area contributed by atoms with Crippen molar-refractivity contribution in [3.8, 4) is 0 Å². The fraction of sp³-hybridized carbons (Fsp3) is 0. The van der Waals surface area contributed by atoms with Crippen molar-refractivity contribution < 1.29 is 0 Å². The quantitative estimate of drug-likeness (QED) is 0.541. The summed E-state index contributed by atoms with van der Waals surface area (Å²) in [5, 5.41) is 7.37. The molecule has 0 fully saturated rings. The van der Waals surface area contributed by atoms with E-state index in [-0.39, 0.29) is 0 Å². The van der Waals surface area contributed by atoms with Crippen molar-refractivity contribution in [1.82, 2.24) is 19.2 Å². The van der Waals surface area contributed by atoms with Crippen LogP contribution >= 0.6 is 23.1 Å². The zero-order valence-electron chi connectivity index (χ0n) is 3.61. The average Bonchev–Trinajstić information content (AvgIpc) is 2.15. The Bertz CT molecular complexity index is 233. The Morgan fingerprint density at radius 2 is 1.62 bits per heavy atom. The van der Waals surface area contributed by atoms with E-state index in [2.05, 4.69) is 19.2 Å². The van der Waals surface area contributed by atoms with Crippen LogP contribution in [0.2, 0.25) is 0 Å². The SMILES string of the molecule is n1nc2nnsc2s1. The standard InChI is InChI=1S/C2N4S2/c3-1-2(7-5-3)8-6-4-1. The number of rotatable bonds is 0. The average molecular weight is 144 g/mol. The van der Waals surface area contributed by atoms with Crippen LogP contribution in [0.5, 0.6) is 0 Å². The van der Waals surface area contributed by atoms with Crippen LogP contribution in [0.1, 0.15) is 0 Å². The number of hydrogen-bond donors (Lipinski definition) is 0. The fourth-order valence-electron chi connectivity index (χ4n) is 0.392. The molecule has 2 heterocycles. The van der Waals surface area contributed by atoms with Crippen molar-refractivity contribution in [2.75, 3.05) is 0 Å². The van der Waals surface area contributed by atoms with Crippen molar-refractivity contribution in [3.63, 3.8) is 0 Å². The summed E-state index contributed by atoms with van der Waals surface area (Å²) in [6.07, 6.45) is 0. The van der Waals surface area contributed by atoms with Gasteiger partial charge in [0.2, 0.25) is 5.65 Å². The van der Waals surface area contributed by atoms with Crippen LogP contribution in [0, 0.1) is 0 Å². The molecule has 2 aromatic heterocycles. The maximum atomic E-state index is 3.68. The second-order valence-corrected chi connectivity index (χ2v) is 2.92. The van der Waals surface area contributed by atoms with Crippen LogP contribution in [0.4, 0.5) is 0 Å². The lowest BCUT2D eigenvalue weighted by Crippen LogP contribution is -1.67. The van der Waals surface area contributed by atoms with Gasteiger partial charge in [0.1, 0.15) is 0 Å². The van der Waals surface area contributed by atoms with Gasteiger partial charge in [-0.25, -0.2) is 0 Å². The van der Waals surface area contributed by atoms with Gasteiger partial charge >= 0.3 is 0 Å². The lowest BCUT2D eigenvalue weighted by Gasteiger charge is -1.54. The first-order valence-electron chi connectivity index (χ1n) is 1.87. The van der Waals surface area contributed by atoms with Crippen molar-refractivity contribution in [2.24, 2.45) is 0 Å². The van der Waals surface area contributed by atoms with Gasteiger partial charge in [0, 0.05) is 23.1 Å². The summed E-state index contributed by atoms with van der Waals surface area (Å²) in [4.78, 5) is 0. The van der Waals surface area contributed by atoms with Crippen LogP contribution in [-0.2, 0) is 0 Å². The summed E-state index contributed by atoms with van der Waals surface area (Å²) >= 11 is 2.65. The molecule has 2 aromatic rings. The molecule has 0 N–H and O–H groups in total. The molecule has 0 bridgehead atoms. The zero-order chi connectivity index (χ0) is 5.40. The summed E-state index contributed by atoms with van der Waals surface area (Å²) in [7, 11) is 0. The number of aromatic nitrogens is 4. The van der Waals surface area contributed by atoms with E-state index in [1.54, 1.807) is 0 Å². The van der Waals surface area contributed by atoms with Crippen molar-refractivity contribution in [1.29, 1.82) is 0 Å². The highest BCUT2D eigenvalue weighted by molar-refractivity contribution is 7.32. The highest BCUT2D eigenvalue weighted by Gasteiger charge is 1.98. The van der Waals surface area contributed by atoms with Gasteiger partial charge in [-0.1, -0.05) is 8.98 Å². The van der Waals surface area contributed by atoms with Crippen LogP contribution in [0.3, 0.4) is 0 Å². The van der Waals surface area contributed by atoms with Crippen molar-refractivity contribution >= 4 is 32.7 Å². The highest BCUT2D eigenvalue weighted by atomic mass is 32.2. The van der Waals surface area contributed by atoms with E-state index < -0.39 is 0 Å². The number of hydrogen-bond acceptors (Lipinski definition) is 6. The number of nitrogens with zero attached hydrogens (tertiary/aromatic N) is 4. The molecule has 4 nitrogen and oxygen atoms in total. The minimum Gasteiger partial charge on any atom is -0.114 e. The first-order valence-corrected chi connectivity index (χ1v) is 3.42. The first-order chi connectivity index (χ1) is 3.97. The topological polar surface area (TPSA) is 51.6 Å². The maximum Gasteiger partial charge on any atom is 0.228 e. The Hall–Kier alpha value is -0.620. The van der Waals surface area contributed by atoms with E-state index in [0.717, 1.165) is 4.01 Å². The lowest BCUT2D eigenvalue weighted by atomic mass is 10.9. The summed E-state index contributed by atoms with van der Waals surface area (Å²) < 4.78 is 8.31. The largest absolute Gasteiger partial charge is 0.228 e. The lowest BCUT2D eigenvalue weighted by molar-refractivity contribution is 1.10. The normalized spacial score (nSPS) is 10.5. The van der Waals surface area contributed by atoms with Crippen LogP contribution in [-0.4, -0.2) is 19.2 Å². The molecule has 0 unspecified atom stereocenters. The fourth-order valence-corrected chi connectivity index (χ4v) is 1.44. The molecular weight excluding hydrogens is 144 g/mol. The molecule has 0 aliphatic carbocycles. The molecule has 6 heteroatoms. The van der Waals surface area contributed by atoms with Gasteiger partial charge in [-0.15, -0.1) is 10.2 Å². The molecule has 0 aromatic carbocycles. The summed E-state index contributed by atoms with van der Waals surface area (Å²) in [5.74, 6) is 0. The van der Waals surface area contributed by atoms with Gasteiger partial charge in [-0.05, 0) is 0 Å². The summed E-state index contributed by atoms with van der Waals surface area (Å²) in [5.41, 5.74) is 0.667. The Balaban J connectivity index is 3.06. The molecule has 0 atom stereocenters. The third-order valence-corrected chi connectivity index (χ3v) is 2.17. The van der Waals surface area contributed by atoms with Gasteiger partial charge in [0.15, 0.2) is 4.01 Å². The molecule has 0 aliphatic heterocycles. The Kier molecular flexibility index (Phi) is 0.762. The van der Waals surface area contributed by atoms with E-state index in [9.17, 15) is 0 Å². The number of fused-ring (bicyclic) bond motifs is 1. The summed E-state index contributed by atoms with van der Waals surface area (Å²) in [6, 6.07) is 0. The van der Waals surface area contributed by atoms with Crippen LogP contribution < -0.4 is 0 Å². The van der Waals surface area contributed by atoms with E-state index >= 15 is 0 Å². The monoisotopic (exact) mass is 144 g/mol. The molecule has 0 spiro atoms. The minimum absolute atomic E-state index is 0.667. The third kappa shape index (κ3) is 0.436. The molecular formula is C2N4S2. The Labute approximate surface area is 52.5 Å². The molecule has 0 amide bonds. The molecule has 40 valence electrons. The second-order valence-electron chi connectivity index (χ2n) is 1.16. The second kappa shape index (κ2) is 1.43. The van der Waals surface area contributed by atoms with E-state index in [0.29, 0.717) is 5.65 Å².